The highest BCUT2D eigenvalue weighted by Crippen LogP contribution is 2.75. The number of benzene rings is 6. The molecule has 9 aromatic rings. The zero-order valence-corrected chi connectivity index (χ0v) is 68.0. The molecule has 116 heavy (non-hydrogen) atoms. The van der Waals surface area contributed by atoms with Crippen molar-refractivity contribution < 1.29 is 59.1 Å². The first-order chi connectivity index (χ1) is 56.4. The molecule has 0 bridgehead atoms. The molecule has 6 aliphatic heterocycles. The lowest BCUT2D eigenvalue weighted by Gasteiger charge is -2.43. The predicted molar refractivity (Wildman–Crippen MR) is 439 cm³/mol. The van der Waals surface area contributed by atoms with Crippen LogP contribution >= 0.6 is 15.9 Å². The molecule has 3 aliphatic carbocycles. The van der Waals surface area contributed by atoms with E-state index in [0.717, 1.165) is 116 Å². The van der Waals surface area contributed by atoms with E-state index < -0.39 is 45.4 Å². The number of rotatable bonds is 18. The van der Waals surface area contributed by atoms with Crippen molar-refractivity contribution in [2.75, 3.05) is 160 Å². The Morgan fingerprint density at radius 2 is 0.647 bits per heavy atom. The van der Waals surface area contributed by atoms with Gasteiger partial charge >= 0.3 is 0 Å². The highest BCUT2D eigenvalue weighted by atomic mass is 79.9. The predicted octanol–water partition coefficient (Wildman–Crippen LogP) is 9.01. The SMILES string of the molecule is COc1cncc2c1[C@]1(O)[C@@H](CN3CCN(C)CC3)[C@H](CO)[C@@H](c3ccccc3)[C@]1(c1ccc(Br)cc1)O2.COc1cncc2c1[C@]1(O)[C@@H](CN3CCN(C)CC3)[C@H](CO)[C@@H](c3ccccc3)[C@]1(c1ccc(C#N)cc1)O2.COc1cncc2c1[C@]1(O)[C@@H](CN3CCN(C)CC3)[C@H](CO)[C@@H](c3ccccc3)[C@]1(c1ccc(C#N)cc1)O2. The van der Waals surface area contributed by atoms with Crippen LogP contribution in [0, 0.1) is 58.2 Å². The number of nitrogens with zero attached hydrogens (tertiary/aromatic N) is 11. The Bertz CT molecular complexity index is 4800. The molecule has 0 amide bonds. The Labute approximate surface area is 686 Å². The lowest BCUT2D eigenvalue weighted by Crippen LogP contribution is -2.54. The first kappa shape index (κ1) is 80.3. The molecule has 24 heteroatoms. The zero-order chi connectivity index (χ0) is 80.9. The molecule has 3 aromatic heterocycles. The molecular weight excluding hydrogens is 1530 g/mol. The molecule has 9 aliphatic rings. The number of nitriles is 2. The number of piperazine rings is 3. The Morgan fingerprint density at radius 1 is 0.388 bits per heavy atom. The minimum absolute atomic E-state index is 0.0787. The van der Waals surface area contributed by atoms with Gasteiger partial charge in [0.2, 0.25) is 0 Å². The average molecular weight is 1630 g/mol. The van der Waals surface area contributed by atoms with Gasteiger partial charge in [-0.3, -0.25) is 15.0 Å². The molecule has 23 nitrogen and oxygen atoms in total. The Kier molecular flexibility index (Phi) is 22.7. The van der Waals surface area contributed by atoms with Crippen molar-refractivity contribution in [3.63, 3.8) is 0 Å². The molecule has 3 saturated carbocycles. The standard InChI is InChI=1S/2C31H34N4O4.C30H34BrN3O4/c2*1-34-12-14-35(15-13-34)19-25-24(20-36)28(22-6-4-3-5-7-22)31(23-10-8-21(16-32)9-11-23)30(25,37)29-26(38-2)17-33-18-27(29)39-31;1-33-12-14-34(15-13-33)18-24-23(19-35)27(20-6-4-3-5-7-20)30(21-8-10-22(31)11-9-21)29(24,36)28-25(37-2)16-32-17-26(28)38-30/h2*3-11,17-18,24-25,28,36-37H,12-15,19-20H2,1-2H3;3-11,16-17,23-24,27,35-36H,12-15,18-19H2,1-2H3/t2*24-,25-,28+,30+,31-;23-,24-,27+,29+,30-/m000/s1. The third-order valence-electron chi connectivity index (χ3n) is 27.1. The van der Waals surface area contributed by atoms with Gasteiger partial charge in [-0.2, -0.15) is 10.5 Å². The van der Waals surface area contributed by atoms with E-state index in [-0.39, 0.29) is 61.2 Å². The van der Waals surface area contributed by atoms with Crippen LogP contribution in [0.3, 0.4) is 0 Å². The smallest absolute Gasteiger partial charge is 0.174 e. The number of pyridine rings is 3. The van der Waals surface area contributed by atoms with Gasteiger partial charge in [0.25, 0.3) is 0 Å². The zero-order valence-electron chi connectivity index (χ0n) is 66.4. The Balaban J connectivity index is 0.000000131. The lowest BCUT2D eigenvalue weighted by atomic mass is 9.69. The molecule has 18 rings (SSSR count). The van der Waals surface area contributed by atoms with Crippen molar-refractivity contribution >= 4 is 15.9 Å². The van der Waals surface area contributed by atoms with Gasteiger partial charge in [0.15, 0.2) is 16.8 Å². The van der Waals surface area contributed by atoms with E-state index in [1.54, 1.807) is 82.8 Å². The highest BCUT2D eigenvalue weighted by molar-refractivity contribution is 9.10. The summed E-state index contributed by atoms with van der Waals surface area (Å²) in [5.74, 6) is -0.234. The third-order valence-corrected chi connectivity index (χ3v) is 27.7. The van der Waals surface area contributed by atoms with Crippen LogP contribution in [0.5, 0.6) is 34.5 Å². The van der Waals surface area contributed by atoms with Gasteiger partial charge in [-0.25, -0.2) is 0 Å². The van der Waals surface area contributed by atoms with Gasteiger partial charge in [0, 0.05) is 176 Å². The second kappa shape index (κ2) is 32.8. The molecule has 9 heterocycles. The fraction of sp³-hybridized carbons (Fsp3) is 0.424. The van der Waals surface area contributed by atoms with Crippen molar-refractivity contribution in [3.05, 3.63) is 267 Å². The molecule has 0 radical (unpaired) electrons. The van der Waals surface area contributed by atoms with Crippen LogP contribution in [0.15, 0.2) is 205 Å². The second-order valence-corrected chi connectivity index (χ2v) is 33.6. The van der Waals surface area contributed by atoms with E-state index in [0.29, 0.717) is 81.9 Å². The van der Waals surface area contributed by atoms with E-state index in [9.17, 15) is 41.2 Å². The largest absolute Gasteiger partial charge is 0.495 e. The van der Waals surface area contributed by atoms with E-state index >= 15 is 0 Å². The summed E-state index contributed by atoms with van der Waals surface area (Å²) in [6.07, 6.45) is 9.84. The number of fused-ring (bicyclic) bond motifs is 9. The van der Waals surface area contributed by atoms with Crippen molar-refractivity contribution in [1.29, 1.82) is 10.5 Å². The maximum absolute atomic E-state index is 13.4. The summed E-state index contributed by atoms with van der Waals surface area (Å²) in [7, 11) is 11.1. The fourth-order valence-corrected chi connectivity index (χ4v) is 22.0. The number of hydrogen-bond acceptors (Lipinski definition) is 23. The average Bonchev–Trinajstić information content (AvgIpc) is 1.51. The molecule has 3 saturated heterocycles. The van der Waals surface area contributed by atoms with Crippen LogP contribution in [0.1, 0.15) is 79.0 Å². The summed E-state index contributed by atoms with van der Waals surface area (Å²) in [5, 5.41) is 92.2. The first-order valence-electron chi connectivity index (χ1n) is 40.2. The molecule has 0 unspecified atom stereocenters. The van der Waals surface area contributed by atoms with E-state index in [1.165, 1.54) is 0 Å². The molecule has 0 spiro atoms. The maximum atomic E-state index is 13.4. The van der Waals surface area contributed by atoms with Crippen LogP contribution in [-0.2, 0) is 33.6 Å². The number of aliphatic hydroxyl groups excluding tert-OH is 3. The molecule has 6 fully saturated rings. The van der Waals surface area contributed by atoms with Gasteiger partial charge < -0.3 is 88.5 Å². The van der Waals surface area contributed by atoms with E-state index in [2.05, 4.69) is 106 Å². The molecule has 6 N–H and O–H groups in total. The molecule has 15 atom stereocenters. The number of hydrogen-bond donors (Lipinski definition) is 6. The molecule has 6 aromatic carbocycles. The maximum Gasteiger partial charge on any atom is 0.174 e. The highest BCUT2D eigenvalue weighted by Gasteiger charge is 2.80. The van der Waals surface area contributed by atoms with Crippen LogP contribution in [0.4, 0.5) is 0 Å². The normalized spacial score (nSPS) is 30.5. The summed E-state index contributed by atoms with van der Waals surface area (Å²) >= 11 is 3.57. The summed E-state index contributed by atoms with van der Waals surface area (Å²) in [6, 6.07) is 57.1. The molecular formula is C92H102BrN11O12. The van der Waals surface area contributed by atoms with Gasteiger partial charge in [-0.05, 0) is 90.9 Å². The topological polar surface area (TPSA) is 282 Å². The fourth-order valence-electron chi connectivity index (χ4n) is 21.7. The van der Waals surface area contributed by atoms with Crippen LogP contribution in [0.25, 0.3) is 0 Å². The van der Waals surface area contributed by atoms with Gasteiger partial charge in [-0.1, -0.05) is 143 Å². The quantitative estimate of drug-likeness (QED) is 0.0467. The number of likely N-dealkylation sites (N-methyl/N-ethyl adjacent to an activating group) is 3. The van der Waals surface area contributed by atoms with Gasteiger partial charge in [0.1, 0.15) is 51.3 Å². The van der Waals surface area contributed by atoms with Crippen molar-refractivity contribution in [1.82, 2.24) is 44.4 Å². The number of halogens is 1. The number of ether oxygens (including phenoxy) is 6. The number of aromatic nitrogens is 3. The summed E-state index contributed by atoms with van der Waals surface area (Å²) in [6.45, 7) is 12.5. The Morgan fingerprint density at radius 3 is 0.888 bits per heavy atom. The van der Waals surface area contributed by atoms with Gasteiger partial charge in [-0.15, -0.1) is 0 Å². The second-order valence-electron chi connectivity index (χ2n) is 32.7. The first-order valence-corrected chi connectivity index (χ1v) is 41.0. The monoisotopic (exact) mass is 1630 g/mol. The molecule has 604 valence electrons. The number of methoxy groups -OCH3 is 3. The van der Waals surface area contributed by atoms with Crippen molar-refractivity contribution in [2.45, 2.75) is 51.4 Å². The summed E-state index contributed by atoms with van der Waals surface area (Å²) < 4.78 is 39.2. The van der Waals surface area contributed by atoms with Crippen LogP contribution in [0.2, 0.25) is 0 Å². The van der Waals surface area contributed by atoms with Gasteiger partial charge in [0.05, 0.1) is 98.5 Å². The summed E-state index contributed by atoms with van der Waals surface area (Å²) in [4.78, 5) is 27.2. The van der Waals surface area contributed by atoms with Crippen LogP contribution < -0.4 is 28.4 Å². The Hall–Kier alpha value is -9.45. The lowest BCUT2D eigenvalue weighted by molar-refractivity contribution is -0.133. The van der Waals surface area contributed by atoms with Crippen molar-refractivity contribution in [2.24, 2.45) is 35.5 Å². The minimum Gasteiger partial charge on any atom is -0.495 e. The van der Waals surface area contributed by atoms with E-state index in [1.807, 2.05) is 127 Å². The number of aliphatic hydroxyl groups is 6. The van der Waals surface area contributed by atoms with Crippen LogP contribution in [-0.4, -0.2) is 235 Å². The van der Waals surface area contributed by atoms with E-state index in [4.69, 9.17) is 28.4 Å². The minimum atomic E-state index is -1.55. The summed E-state index contributed by atoms with van der Waals surface area (Å²) in [5.41, 5.74) is -0.240. The van der Waals surface area contributed by atoms with Crippen molar-refractivity contribution in [3.8, 4) is 46.6 Å². The third kappa shape index (κ3) is 12.9.